The maximum absolute atomic E-state index is 12.1. The fraction of sp³-hybridized carbons (Fsp3) is 0.143. The summed E-state index contributed by atoms with van der Waals surface area (Å²) in [5.74, 6) is 0.0117. The van der Waals surface area contributed by atoms with Crippen LogP contribution in [0.2, 0.25) is 0 Å². The summed E-state index contributed by atoms with van der Waals surface area (Å²) in [6, 6.07) is 18.7. The molecule has 0 saturated carbocycles. The molecule has 0 fully saturated rings. The van der Waals surface area contributed by atoms with Gasteiger partial charge < -0.3 is 5.32 Å². The van der Waals surface area contributed by atoms with E-state index in [1.807, 2.05) is 43.3 Å². The highest BCUT2D eigenvalue weighted by atomic mass is 32.2. The number of nitrogens with zero attached hydrogens (tertiary/aromatic N) is 2. The fourth-order valence-electron chi connectivity index (χ4n) is 2.43. The Kier molecular flexibility index (Phi) is 5.98. The number of aryl methyl sites for hydroxylation is 1. The van der Waals surface area contributed by atoms with Crippen LogP contribution in [-0.4, -0.2) is 27.6 Å². The number of aromatic nitrogens is 2. The van der Waals surface area contributed by atoms with Crippen LogP contribution >= 0.6 is 11.8 Å². The zero-order valence-electron chi connectivity index (χ0n) is 15.1. The van der Waals surface area contributed by atoms with Gasteiger partial charge in [-0.15, -0.1) is 10.2 Å². The van der Waals surface area contributed by atoms with Crippen LogP contribution < -0.4 is 5.32 Å². The minimum absolute atomic E-state index is 0.0376. The van der Waals surface area contributed by atoms with E-state index in [4.69, 9.17) is 0 Å². The lowest BCUT2D eigenvalue weighted by Crippen LogP contribution is -2.14. The van der Waals surface area contributed by atoms with Crippen molar-refractivity contribution in [2.24, 2.45) is 0 Å². The molecule has 2 aromatic carbocycles. The number of thioether (sulfide) groups is 1. The van der Waals surface area contributed by atoms with E-state index in [1.54, 1.807) is 24.3 Å². The van der Waals surface area contributed by atoms with Crippen molar-refractivity contribution in [1.82, 2.24) is 10.2 Å². The summed E-state index contributed by atoms with van der Waals surface area (Å²) >= 11 is 1.31. The Balaban J connectivity index is 1.56. The number of carbonyl (C=O) groups excluding carboxylic acids is 2. The number of Topliss-reactive ketones (excluding diaryl/α,β-unsaturated/α-hetero) is 1. The molecular weight excluding hydrogens is 358 g/mol. The molecule has 6 heteroatoms. The van der Waals surface area contributed by atoms with Gasteiger partial charge in [-0.1, -0.05) is 53.7 Å². The predicted molar refractivity (Wildman–Crippen MR) is 108 cm³/mol. The van der Waals surface area contributed by atoms with Gasteiger partial charge in [-0.25, -0.2) is 0 Å². The Morgan fingerprint density at radius 1 is 1.00 bits per heavy atom. The largest absolute Gasteiger partial charge is 0.325 e. The molecule has 0 unspecified atom stereocenters. The van der Waals surface area contributed by atoms with Gasteiger partial charge in [-0.2, -0.15) is 0 Å². The first-order valence-electron chi connectivity index (χ1n) is 8.46. The van der Waals surface area contributed by atoms with E-state index >= 15 is 0 Å². The highest BCUT2D eigenvalue weighted by Crippen LogP contribution is 2.20. The van der Waals surface area contributed by atoms with E-state index in [2.05, 4.69) is 15.5 Å². The lowest BCUT2D eigenvalue weighted by atomic mass is 10.1. The molecule has 3 aromatic rings. The average molecular weight is 377 g/mol. The van der Waals surface area contributed by atoms with Gasteiger partial charge in [-0.05, 0) is 38.1 Å². The van der Waals surface area contributed by atoms with Crippen molar-refractivity contribution in [1.29, 1.82) is 0 Å². The number of nitrogens with one attached hydrogen (secondary N) is 1. The van der Waals surface area contributed by atoms with Crippen molar-refractivity contribution < 1.29 is 9.59 Å². The Morgan fingerprint density at radius 3 is 2.44 bits per heavy atom. The monoisotopic (exact) mass is 377 g/mol. The summed E-state index contributed by atoms with van der Waals surface area (Å²) < 4.78 is 0. The van der Waals surface area contributed by atoms with E-state index in [-0.39, 0.29) is 17.4 Å². The SMILES string of the molecule is CC(=O)c1cccc(NC(=O)CSc2ccc(-c3ccc(C)cc3)nn2)c1. The smallest absolute Gasteiger partial charge is 0.234 e. The molecule has 1 aromatic heterocycles. The van der Waals surface area contributed by atoms with Crippen LogP contribution in [0.4, 0.5) is 5.69 Å². The topological polar surface area (TPSA) is 72.0 Å². The normalized spacial score (nSPS) is 10.4. The third-order valence-electron chi connectivity index (χ3n) is 3.89. The number of anilines is 1. The maximum atomic E-state index is 12.1. The van der Waals surface area contributed by atoms with E-state index in [0.717, 1.165) is 11.3 Å². The van der Waals surface area contributed by atoms with E-state index < -0.39 is 0 Å². The first-order valence-corrected chi connectivity index (χ1v) is 9.44. The second-order valence-corrected chi connectivity index (χ2v) is 7.09. The number of carbonyl (C=O) groups is 2. The number of ketones is 1. The minimum Gasteiger partial charge on any atom is -0.325 e. The Morgan fingerprint density at radius 2 is 1.78 bits per heavy atom. The van der Waals surface area contributed by atoms with Crippen molar-refractivity contribution in [2.45, 2.75) is 18.9 Å². The zero-order valence-corrected chi connectivity index (χ0v) is 15.9. The van der Waals surface area contributed by atoms with E-state index in [9.17, 15) is 9.59 Å². The molecule has 0 saturated heterocycles. The third-order valence-corrected chi connectivity index (χ3v) is 4.81. The van der Waals surface area contributed by atoms with Crippen molar-refractivity contribution >= 4 is 29.1 Å². The fourth-order valence-corrected chi connectivity index (χ4v) is 3.04. The second-order valence-electron chi connectivity index (χ2n) is 6.10. The first kappa shape index (κ1) is 18.8. The van der Waals surface area contributed by atoms with Gasteiger partial charge >= 0.3 is 0 Å². The van der Waals surface area contributed by atoms with Gasteiger partial charge in [0.05, 0.1) is 11.4 Å². The van der Waals surface area contributed by atoms with Gasteiger partial charge in [0.1, 0.15) is 5.03 Å². The van der Waals surface area contributed by atoms with Gasteiger partial charge in [0, 0.05) is 16.8 Å². The lowest BCUT2D eigenvalue weighted by molar-refractivity contribution is -0.113. The molecule has 1 heterocycles. The predicted octanol–water partition coefficient (Wildman–Crippen LogP) is 4.39. The van der Waals surface area contributed by atoms with Crippen molar-refractivity contribution in [2.75, 3.05) is 11.1 Å². The standard InChI is InChI=1S/C21H19N3O2S/c1-14-6-8-16(9-7-14)19-10-11-21(24-23-19)27-13-20(26)22-18-5-3-4-17(12-18)15(2)25/h3-12H,13H2,1-2H3,(H,22,26). The average Bonchev–Trinajstić information content (AvgIpc) is 2.68. The van der Waals surface area contributed by atoms with Gasteiger partial charge in [0.15, 0.2) is 5.78 Å². The minimum atomic E-state index is -0.162. The van der Waals surface area contributed by atoms with Crippen LogP contribution in [0.15, 0.2) is 65.7 Å². The van der Waals surface area contributed by atoms with Crippen LogP contribution in [0, 0.1) is 6.92 Å². The molecular formula is C21H19N3O2S. The van der Waals surface area contributed by atoms with Crippen molar-refractivity contribution in [3.8, 4) is 11.3 Å². The summed E-state index contributed by atoms with van der Waals surface area (Å²) in [6.07, 6.45) is 0. The first-order chi connectivity index (χ1) is 13.0. The molecule has 27 heavy (non-hydrogen) atoms. The molecule has 5 nitrogen and oxygen atoms in total. The van der Waals surface area contributed by atoms with Crippen LogP contribution in [0.3, 0.4) is 0 Å². The molecule has 0 radical (unpaired) electrons. The molecule has 0 aliphatic heterocycles. The molecule has 136 valence electrons. The lowest BCUT2D eigenvalue weighted by Gasteiger charge is -2.06. The zero-order chi connectivity index (χ0) is 19.2. The van der Waals surface area contributed by atoms with Gasteiger partial charge in [0.2, 0.25) is 5.91 Å². The van der Waals surface area contributed by atoms with Crippen molar-refractivity contribution in [3.05, 3.63) is 71.8 Å². The molecule has 0 aliphatic carbocycles. The number of benzene rings is 2. The van der Waals surface area contributed by atoms with Crippen LogP contribution in [0.1, 0.15) is 22.8 Å². The molecule has 0 spiro atoms. The van der Waals surface area contributed by atoms with Crippen LogP contribution in [-0.2, 0) is 4.79 Å². The summed E-state index contributed by atoms with van der Waals surface area (Å²) in [5.41, 5.74) is 4.17. The van der Waals surface area contributed by atoms with Gasteiger partial charge in [-0.3, -0.25) is 9.59 Å². The molecule has 3 rings (SSSR count). The molecule has 0 atom stereocenters. The Labute approximate surface area is 162 Å². The van der Waals surface area contributed by atoms with Crippen LogP contribution in [0.25, 0.3) is 11.3 Å². The van der Waals surface area contributed by atoms with E-state index in [0.29, 0.717) is 16.3 Å². The Hall–Kier alpha value is -2.99. The van der Waals surface area contributed by atoms with E-state index in [1.165, 1.54) is 24.2 Å². The Bertz CT molecular complexity index is 954. The molecule has 1 amide bonds. The number of hydrogen-bond donors (Lipinski definition) is 1. The summed E-state index contributed by atoms with van der Waals surface area (Å²) in [5, 5.41) is 11.9. The third kappa shape index (κ3) is 5.24. The number of rotatable bonds is 6. The summed E-state index contributed by atoms with van der Waals surface area (Å²) in [7, 11) is 0. The number of amides is 1. The van der Waals surface area contributed by atoms with Crippen molar-refractivity contribution in [3.63, 3.8) is 0 Å². The van der Waals surface area contributed by atoms with Crippen LogP contribution in [0.5, 0.6) is 0 Å². The summed E-state index contributed by atoms with van der Waals surface area (Å²) in [4.78, 5) is 23.5. The maximum Gasteiger partial charge on any atom is 0.234 e. The number of hydrogen-bond acceptors (Lipinski definition) is 5. The quantitative estimate of drug-likeness (QED) is 0.510. The molecule has 0 bridgehead atoms. The second kappa shape index (κ2) is 8.60. The summed E-state index contributed by atoms with van der Waals surface area (Å²) in [6.45, 7) is 3.53. The highest BCUT2D eigenvalue weighted by molar-refractivity contribution is 7.99. The van der Waals surface area contributed by atoms with Gasteiger partial charge in [0.25, 0.3) is 0 Å². The molecule has 1 N–H and O–H groups in total. The highest BCUT2D eigenvalue weighted by Gasteiger charge is 2.07. The molecule has 0 aliphatic rings.